The zero-order chi connectivity index (χ0) is 12.8. The first-order valence-electron chi connectivity index (χ1n) is 5.81. The highest BCUT2D eigenvalue weighted by atomic mass is 32.2. The van der Waals surface area contributed by atoms with Crippen LogP contribution in [0.3, 0.4) is 0 Å². The summed E-state index contributed by atoms with van der Waals surface area (Å²) in [6.07, 6.45) is 6.14. The van der Waals surface area contributed by atoms with Crippen molar-refractivity contribution in [1.29, 1.82) is 0 Å². The monoisotopic (exact) mass is 261 g/mol. The van der Waals surface area contributed by atoms with Gasteiger partial charge in [0.15, 0.2) is 0 Å². The summed E-state index contributed by atoms with van der Waals surface area (Å²) in [7, 11) is 0. The second-order valence-corrected chi connectivity index (χ2v) is 4.77. The van der Waals surface area contributed by atoms with Crippen molar-refractivity contribution in [2.45, 2.75) is 30.3 Å². The number of nitrogens with one attached hydrogen (secondary N) is 1. The number of nitrogens with zero attached hydrogens (tertiary/aromatic N) is 4. The van der Waals surface area contributed by atoms with Crippen molar-refractivity contribution in [3.05, 3.63) is 30.4 Å². The summed E-state index contributed by atoms with van der Waals surface area (Å²) in [6.45, 7) is 4.98. The Morgan fingerprint density at radius 2 is 2.22 bits per heavy atom. The van der Waals surface area contributed by atoms with Crippen molar-refractivity contribution in [3.8, 4) is 0 Å². The van der Waals surface area contributed by atoms with Gasteiger partial charge in [-0.1, -0.05) is 6.92 Å². The van der Waals surface area contributed by atoms with Crippen molar-refractivity contribution in [1.82, 2.24) is 19.9 Å². The van der Waals surface area contributed by atoms with Crippen LogP contribution in [0.4, 0.5) is 5.95 Å². The molecule has 18 heavy (non-hydrogen) atoms. The van der Waals surface area contributed by atoms with Gasteiger partial charge in [-0.05, 0) is 31.2 Å². The van der Waals surface area contributed by atoms with Gasteiger partial charge in [-0.2, -0.15) is 0 Å². The Kier molecular flexibility index (Phi) is 4.46. The van der Waals surface area contributed by atoms with Crippen LogP contribution >= 0.6 is 11.8 Å². The Morgan fingerprint density at radius 1 is 1.33 bits per heavy atom. The zero-order valence-corrected chi connectivity index (χ0v) is 11.2. The number of aryl methyl sites for hydroxylation is 1. The number of aromatic nitrogens is 4. The Labute approximate surface area is 110 Å². The highest BCUT2D eigenvalue weighted by Gasteiger charge is 2.06. The van der Waals surface area contributed by atoms with E-state index in [9.17, 15) is 0 Å². The Balaban J connectivity index is 2.16. The summed E-state index contributed by atoms with van der Waals surface area (Å²) in [6, 6.07) is 1.87. The lowest BCUT2D eigenvalue weighted by Crippen LogP contribution is -2.05. The summed E-state index contributed by atoms with van der Waals surface area (Å²) in [5.41, 5.74) is 1.04. The van der Waals surface area contributed by atoms with Gasteiger partial charge in [0.1, 0.15) is 16.4 Å². The number of rotatable bonds is 5. The number of anilines is 1. The molecule has 0 saturated carbocycles. The molecular formula is C12H15N5S. The van der Waals surface area contributed by atoms with Gasteiger partial charge in [0.2, 0.25) is 5.95 Å². The SMILES string of the molecule is CCCNc1ncc(C)c(Sc2ccncn2)n1. The normalized spacial score (nSPS) is 10.3. The maximum absolute atomic E-state index is 4.49. The van der Waals surface area contributed by atoms with Crippen LogP contribution < -0.4 is 5.32 Å². The topological polar surface area (TPSA) is 63.6 Å². The van der Waals surface area contributed by atoms with Gasteiger partial charge in [-0.15, -0.1) is 0 Å². The first-order chi connectivity index (χ1) is 8.79. The molecule has 0 saturated heterocycles. The summed E-state index contributed by atoms with van der Waals surface area (Å²) in [5.74, 6) is 0.666. The molecule has 0 aliphatic carbocycles. The van der Waals surface area contributed by atoms with E-state index in [-0.39, 0.29) is 0 Å². The quantitative estimate of drug-likeness (QED) is 0.834. The molecule has 0 unspecified atom stereocenters. The van der Waals surface area contributed by atoms with Gasteiger partial charge in [0.05, 0.1) is 0 Å². The van der Waals surface area contributed by atoms with Gasteiger partial charge >= 0.3 is 0 Å². The molecule has 0 atom stereocenters. The molecule has 6 heteroatoms. The first-order valence-corrected chi connectivity index (χ1v) is 6.62. The van der Waals surface area contributed by atoms with Gasteiger partial charge in [0, 0.05) is 24.5 Å². The average Bonchev–Trinajstić information content (AvgIpc) is 2.41. The molecule has 2 aromatic heterocycles. The van der Waals surface area contributed by atoms with E-state index in [0.29, 0.717) is 5.95 Å². The van der Waals surface area contributed by atoms with Crippen LogP contribution in [0, 0.1) is 6.92 Å². The molecule has 0 aliphatic rings. The van der Waals surface area contributed by atoms with Crippen LogP contribution in [0.2, 0.25) is 0 Å². The summed E-state index contributed by atoms with van der Waals surface area (Å²) in [5, 5.41) is 4.98. The summed E-state index contributed by atoms with van der Waals surface area (Å²) >= 11 is 1.52. The van der Waals surface area contributed by atoms with E-state index < -0.39 is 0 Å². The molecule has 5 nitrogen and oxygen atoms in total. The fourth-order valence-corrected chi connectivity index (χ4v) is 2.06. The smallest absolute Gasteiger partial charge is 0.223 e. The Hall–Kier alpha value is -1.69. The van der Waals surface area contributed by atoms with Gasteiger partial charge < -0.3 is 5.32 Å². The minimum absolute atomic E-state index is 0.666. The van der Waals surface area contributed by atoms with Crippen molar-refractivity contribution < 1.29 is 0 Å². The van der Waals surface area contributed by atoms with E-state index in [0.717, 1.165) is 28.6 Å². The lowest BCUT2D eigenvalue weighted by molar-refractivity contribution is 0.923. The van der Waals surface area contributed by atoms with Gasteiger partial charge in [0.25, 0.3) is 0 Å². The van der Waals surface area contributed by atoms with E-state index in [4.69, 9.17) is 0 Å². The van der Waals surface area contributed by atoms with E-state index in [2.05, 4.69) is 32.2 Å². The fraction of sp³-hybridized carbons (Fsp3) is 0.333. The van der Waals surface area contributed by atoms with Crippen LogP contribution in [0.1, 0.15) is 18.9 Å². The Morgan fingerprint density at radius 3 is 2.94 bits per heavy atom. The highest BCUT2D eigenvalue weighted by Crippen LogP contribution is 2.26. The highest BCUT2D eigenvalue weighted by molar-refractivity contribution is 7.99. The first kappa shape index (κ1) is 12.8. The third-order valence-electron chi connectivity index (χ3n) is 2.21. The van der Waals surface area contributed by atoms with Crippen molar-refractivity contribution in [3.63, 3.8) is 0 Å². The molecule has 2 rings (SSSR count). The van der Waals surface area contributed by atoms with Gasteiger partial charge in [-0.25, -0.2) is 19.9 Å². The van der Waals surface area contributed by atoms with Crippen LogP contribution in [-0.4, -0.2) is 26.5 Å². The van der Waals surface area contributed by atoms with Crippen molar-refractivity contribution in [2.24, 2.45) is 0 Å². The molecule has 0 fully saturated rings. The van der Waals surface area contributed by atoms with E-state index >= 15 is 0 Å². The van der Waals surface area contributed by atoms with Crippen LogP contribution in [0.5, 0.6) is 0 Å². The van der Waals surface area contributed by atoms with Crippen LogP contribution in [0.25, 0.3) is 0 Å². The molecule has 1 N–H and O–H groups in total. The molecule has 0 amide bonds. The molecule has 0 radical (unpaired) electrons. The predicted molar refractivity (Wildman–Crippen MR) is 71.7 cm³/mol. The zero-order valence-electron chi connectivity index (χ0n) is 10.4. The molecule has 2 aromatic rings. The number of hydrogen-bond acceptors (Lipinski definition) is 6. The molecule has 0 aliphatic heterocycles. The van der Waals surface area contributed by atoms with Crippen molar-refractivity contribution in [2.75, 3.05) is 11.9 Å². The molecule has 2 heterocycles. The largest absolute Gasteiger partial charge is 0.354 e. The molecule has 0 spiro atoms. The maximum Gasteiger partial charge on any atom is 0.223 e. The lowest BCUT2D eigenvalue weighted by Gasteiger charge is -2.07. The second-order valence-electron chi connectivity index (χ2n) is 3.76. The second kappa shape index (κ2) is 6.30. The molecule has 0 aromatic carbocycles. The minimum atomic E-state index is 0.666. The maximum atomic E-state index is 4.49. The summed E-state index contributed by atoms with van der Waals surface area (Å²) < 4.78 is 0. The fourth-order valence-electron chi connectivity index (χ4n) is 1.29. The van der Waals surface area contributed by atoms with E-state index in [1.807, 2.05) is 19.2 Å². The van der Waals surface area contributed by atoms with E-state index in [1.165, 1.54) is 18.1 Å². The van der Waals surface area contributed by atoms with Crippen molar-refractivity contribution >= 4 is 17.7 Å². The molecular weight excluding hydrogens is 246 g/mol. The van der Waals surface area contributed by atoms with Crippen LogP contribution in [-0.2, 0) is 0 Å². The minimum Gasteiger partial charge on any atom is -0.354 e. The van der Waals surface area contributed by atoms with Crippen LogP contribution in [0.15, 0.2) is 34.8 Å². The third-order valence-corrected chi connectivity index (χ3v) is 3.27. The standard InChI is InChI=1S/C12H15N5S/c1-3-5-14-12-15-7-9(2)11(17-12)18-10-4-6-13-8-16-10/h4,6-8H,3,5H2,1-2H3,(H,14,15,17). The lowest BCUT2D eigenvalue weighted by atomic mass is 10.4. The third kappa shape index (κ3) is 3.40. The summed E-state index contributed by atoms with van der Waals surface area (Å²) in [4.78, 5) is 16.8. The van der Waals surface area contributed by atoms with E-state index in [1.54, 1.807) is 6.20 Å². The number of hydrogen-bond donors (Lipinski definition) is 1. The molecule has 94 valence electrons. The molecule has 0 bridgehead atoms. The van der Waals surface area contributed by atoms with Gasteiger partial charge in [-0.3, -0.25) is 0 Å². The Bertz CT molecular complexity index is 503. The average molecular weight is 261 g/mol. The predicted octanol–water partition coefficient (Wildman–Crippen LogP) is 2.55.